The van der Waals surface area contributed by atoms with Gasteiger partial charge < -0.3 is 4.74 Å². The van der Waals surface area contributed by atoms with Crippen molar-refractivity contribution in [1.82, 2.24) is 0 Å². The summed E-state index contributed by atoms with van der Waals surface area (Å²) in [7, 11) is 0. The average molecular weight is 168 g/mol. The first-order valence-corrected chi connectivity index (χ1v) is 3.49. The molecule has 0 heterocycles. The van der Waals surface area contributed by atoms with Gasteiger partial charge in [-0.2, -0.15) is 4.99 Å². The highest BCUT2D eigenvalue weighted by Crippen LogP contribution is 1.96. The van der Waals surface area contributed by atoms with Gasteiger partial charge in [-0.3, -0.25) is 4.79 Å². The highest BCUT2D eigenvalue weighted by molar-refractivity contribution is 5.95. The number of allylic oxidation sites excluding steroid dienone is 1. The summed E-state index contributed by atoms with van der Waals surface area (Å²) in [5.41, 5.74) is 0.117. The monoisotopic (exact) mass is 168 g/mol. The van der Waals surface area contributed by atoms with Crippen molar-refractivity contribution in [2.75, 3.05) is 6.61 Å². The van der Waals surface area contributed by atoms with Crippen molar-refractivity contribution in [3.8, 4) is 0 Å². The molecule has 0 aromatic heterocycles. The third-order valence-corrected chi connectivity index (χ3v) is 1.05. The molecule has 0 atom stereocenters. The molecule has 0 rings (SSSR count). The Morgan fingerprint density at radius 3 is 2.50 bits per heavy atom. The Balaban J connectivity index is 4.37. The molecule has 0 saturated carbocycles. The Hall–Kier alpha value is -1.45. The van der Waals surface area contributed by atoms with Crippen molar-refractivity contribution in [3.05, 3.63) is 12.3 Å². The van der Waals surface area contributed by atoms with Gasteiger partial charge in [-0.1, -0.05) is 6.58 Å². The number of amidine groups is 1. The lowest BCUT2D eigenvalue weighted by atomic mass is 10.4. The van der Waals surface area contributed by atoms with Crippen LogP contribution in [0.5, 0.6) is 0 Å². The number of hydrogen-bond donors (Lipinski definition) is 0. The van der Waals surface area contributed by atoms with Gasteiger partial charge in [0.05, 0.1) is 6.61 Å². The maximum atomic E-state index is 10.7. The van der Waals surface area contributed by atoms with E-state index in [4.69, 9.17) is 4.74 Å². The van der Waals surface area contributed by atoms with E-state index in [1.807, 2.05) is 0 Å². The molecule has 4 nitrogen and oxygen atoms in total. The Morgan fingerprint density at radius 2 is 2.17 bits per heavy atom. The van der Waals surface area contributed by atoms with E-state index in [0.717, 1.165) is 0 Å². The van der Waals surface area contributed by atoms with E-state index < -0.39 is 0 Å². The second kappa shape index (κ2) is 5.23. The fourth-order valence-corrected chi connectivity index (χ4v) is 0.437. The van der Waals surface area contributed by atoms with Crippen LogP contribution in [0.15, 0.2) is 22.3 Å². The third-order valence-electron chi connectivity index (χ3n) is 1.05. The van der Waals surface area contributed by atoms with Crippen LogP contribution >= 0.6 is 0 Å². The quantitative estimate of drug-likeness (QED) is 0.361. The van der Waals surface area contributed by atoms with Gasteiger partial charge in [0, 0.05) is 6.92 Å². The maximum absolute atomic E-state index is 10.7. The summed E-state index contributed by atoms with van der Waals surface area (Å²) in [5.74, 6) is -0.212. The Labute approximate surface area is 71.7 Å². The minimum absolute atomic E-state index is 0.0812. The zero-order valence-electron chi connectivity index (χ0n) is 7.33. The van der Waals surface area contributed by atoms with Crippen LogP contribution in [0.25, 0.3) is 0 Å². The Morgan fingerprint density at radius 1 is 1.58 bits per heavy atom. The van der Waals surface area contributed by atoms with E-state index in [-0.39, 0.29) is 17.5 Å². The number of ether oxygens (including phenoxy) is 1. The highest BCUT2D eigenvalue weighted by atomic mass is 16.5. The molecule has 0 aromatic carbocycles. The first-order valence-electron chi connectivity index (χ1n) is 3.49. The summed E-state index contributed by atoms with van der Waals surface area (Å²) < 4.78 is 4.92. The molecular weight excluding hydrogens is 156 g/mol. The molecule has 0 saturated heterocycles. The van der Waals surface area contributed by atoms with Gasteiger partial charge in [0.1, 0.15) is 5.70 Å². The van der Waals surface area contributed by atoms with Crippen molar-refractivity contribution in [1.29, 1.82) is 0 Å². The van der Waals surface area contributed by atoms with E-state index in [1.54, 1.807) is 6.92 Å². The summed E-state index contributed by atoms with van der Waals surface area (Å²) in [5, 5.41) is 0. The van der Waals surface area contributed by atoms with Crippen LogP contribution in [0.4, 0.5) is 0 Å². The third kappa shape index (κ3) is 3.65. The second-order valence-electron chi connectivity index (χ2n) is 1.99. The van der Waals surface area contributed by atoms with E-state index >= 15 is 0 Å². The molecule has 0 unspecified atom stereocenters. The van der Waals surface area contributed by atoms with Gasteiger partial charge in [-0.25, -0.2) is 4.99 Å². The standard InChI is InChI=1S/C8H12N2O2/c1-5-12-8(9-4)10-6(2)7(3)11/h2,4-5H2,1,3H3. The summed E-state index contributed by atoms with van der Waals surface area (Å²) in [6, 6.07) is 0.0812. The number of carbonyl (C=O) groups is 1. The topological polar surface area (TPSA) is 51.0 Å². The van der Waals surface area contributed by atoms with Crippen LogP contribution < -0.4 is 0 Å². The summed E-state index contributed by atoms with van der Waals surface area (Å²) in [6.07, 6.45) is 0. The Bertz CT molecular complexity index is 231. The zero-order chi connectivity index (χ0) is 9.56. The van der Waals surface area contributed by atoms with Crippen LogP contribution in [-0.4, -0.2) is 25.1 Å². The van der Waals surface area contributed by atoms with Gasteiger partial charge in [-0.15, -0.1) is 0 Å². The van der Waals surface area contributed by atoms with Crippen LogP contribution in [-0.2, 0) is 9.53 Å². The molecule has 0 aliphatic heterocycles. The molecule has 0 N–H and O–H groups in total. The molecule has 66 valence electrons. The normalized spacial score (nSPS) is 10.7. The number of hydrogen-bond acceptors (Lipinski definition) is 3. The average Bonchev–Trinajstić information content (AvgIpc) is 2.03. The smallest absolute Gasteiger partial charge is 0.316 e. The second-order valence-corrected chi connectivity index (χ2v) is 1.99. The fraction of sp³-hybridized carbons (Fsp3) is 0.375. The molecule has 4 heteroatoms. The predicted molar refractivity (Wildman–Crippen MR) is 48.4 cm³/mol. The first kappa shape index (κ1) is 10.6. The summed E-state index contributed by atoms with van der Waals surface area (Å²) >= 11 is 0. The molecule has 0 aliphatic carbocycles. The molecule has 0 aromatic rings. The molecular formula is C8H12N2O2. The number of ketones is 1. The molecule has 0 amide bonds. The van der Waals surface area contributed by atoms with Gasteiger partial charge in [0.2, 0.25) is 0 Å². The number of Topliss-reactive ketones (excluding diaryl/α,β-unsaturated/α-hetero) is 1. The highest BCUT2D eigenvalue weighted by Gasteiger charge is 2.00. The van der Waals surface area contributed by atoms with Crippen molar-refractivity contribution in [2.45, 2.75) is 13.8 Å². The zero-order valence-corrected chi connectivity index (χ0v) is 7.33. The fourth-order valence-electron chi connectivity index (χ4n) is 0.437. The van der Waals surface area contributed by atoms with Crippen LogP contribution in [0.2, 0.25) is 0 Å². The van der Waals surface area contributed by atoms with Gasteiger partial charge in [0.25, 0.3) is 0 Å². The van der Waals surface area contributed by atoms with Crippen molar-refractivity contribution in [2.24, 2.45) is 9.98 Å². The predicted octanol–water partition coefficient (Wildman–Crippen LogP) is 1.18. The first-order chi connectivity index (χ1) is 5.61. The van der Waals surface area contributed by atoms with Crippen molar-refractivity contribution < 1.29 is 9.53 Å². The SMILES string of the molecule is C=NC(=NC(=C)C(C)=O)OCC. The number of carbonyl (C=O) groups excluding carboxylic acids is 1. The van der Waals surface area contributed by atoms with Gasteiger partial charge in [0.15, 0.2) is 5.78 Å². The number of nitrogens with zero attached hydrogens (tertiary/aromatic N) is 2. The number of aliphatic imine (C=N–C) groups is 2. The van der Waals surface area contributed by atoms with E-state index in [1.165, 1.54) is 6.92 Å². The lowest BCUT2D eigenvalue weighted by molar-refractivity contribution is -0.113. The summed E-state index contributed by atoms with van der Waals surface area (Å²) in [6.45, 7) is 10.2. The largest absolute Gasteiger partial charge is 0.464 e. The van der Waals surface area contributed by atoms with Gasteiger partial charge >= 0.3 is 6.02 Å². The summed E-state index contributed by atoms with van der Waals surface area (Å²) in [4.78, 5) is 17.8. The van der Waals surface area contributed by atoms with E-state index in [0.29, 0.717) is 6.61 Å². The Kier molecular flexibility index (Phi) is 4.60. The van der Waals surface area contributed by atoms with Crippen LogP contribution in [0.3, 0.4) is 0 Å². The van der Waals surface area contributed by atoms with Crippen LogP contribution in [0, 0.1) is 0 Å². The van der Waals surface area contributed by atoms with E-state index in [9.17, 15) is 4.79 Å². The number of rotatable bonds is 3. The molecule has 0 fully saturated rings. The lowest BCUT2D eigenvalue weighted by Gasteiger charge is -2.00. The molecule has 0 radical (unpaired) electrons. The van der Waals surface area contributed by atoms with Gasteiger partial charge in [-0.05, 0) is 13.6 Å². The molecule has 0 spiro atoms. The van der Waals surface area contributed by atoms with Crippen molar-refractivity contribution >= 4 is 18.5 Å². The molecule has 0 aliphatic rings. The van der Waals surface area contributed by atoms with Crippen molar-refractivity contribution in [3.63, 3.8) is 0 Å². The lowest BCUT2D eigenvalue weighted by Crippen LogP contribution is -2.03. The van der Waals surface area contributed by atoms with Crippen LogP contribution in [0.1, 0.15) is 13.8 Å². The van der Waals surface area contributed by atoms with E-state index in [2.05, 4.69) is 23.3 Å². The minimum atomic E-state index is -0.212. The molecule has 0 bridgehead atoms. The maximum Gasteiger partial charge on any atom is 0.316 e. The molecule has 12 heavy (non-hydrogen) atoms. The minimum Gasteiger partial charge on any atom is -0.464 e.